The Labute approximate surface area is 372 Å². The molecule has 3 aromatic heterocycles. The quantitative estimate of drug-likeness (QED) is 0.0535. The Morgan fingerprint density at radius 1 is 1.00 bits per heavy atom. The number of aliphatic hydroxyl groups is 1. The van der Waals surface area contributed by atoms with Gasteiger partial charge in [0.25, 0.3) is 5.56 Å². The normalized spacial score (nSPS) is 13.9. The average molecular weight is 908 g/mol. The Bertz CT molecular complexity index is 2590. The van der Waals surface area contributed by atoms with Crippen molar-refractivity contribution in [3.05, 3.63) is 116 Å². The lowest BCUT2D eigenvalue weighted by Crippen LogP contribution is -2.41. The van der Waals surface area contributed by atoms with E-state index < -0.39 is 17.6 Å². The number of alkyl halides is 3. The second-order valence-electron chi connectivity index (χ2n) is 15.9. The first kappa shape index (κ1) is 46.6. The fraction of sp³-hybridized carbons (Fsp3) is 0.435. The Balaban J connectivity index is 0.802. The molecule has 7 rings (SSSR count). The maximum absolute atomic E-state index is 13.8. The molecule has 0 spiro atoms. The minimum absolute atomic E-state index is 0.0355. The molecule has 342 valence electrons. The molecule has 13 nitrogen and oxygen atoms in total. The van der Waals surface area contributed by atoms with Crippen molar-refractivity contribution in [1.29, 1.82) is 0 Å². The number of benzene rings is 3. The summed E-state index contributed by atoms with van der Waals surface area (Å²) >= 11 is 1.51. The highest BCUT2D eigenvalue weighted by Crippen LogP contribution is 2.33. The molecule has 1 aliphatic heterocycles. The smallest absolute Gasteiger partial charge is 0.419 e. The van der Waals surface area contributed by atoms with Crippen LogP contribution in [0, 0.1) is 11.7 Å². The molecule has 1 saturated heterocycles. The summed E-state index contributed by atoms with van der Waals surface area (Å²) in [4.78, 5) is 33.6. The number of fused-ring (bicyclic) bond motifs is 3. The Kier molecular flexibility index (Phi) is 15.7. The standard InChI is InChI=1S/C46H53F4N7O6S/c1-55-41-36(26-53-57(45(41)60)27-31-7-5-8-35(23-31)61-2)42-43(55)54-40(64-42)29-62-21-19-56-17-13-33(14-18-56)44(59)52-15-4-3-6-30-10-12-39(34(22-30)25-51-16-20-58)63-28-32-9-11-38(47)37(24-32)46(48,49)50/h5,7-12,22-24,26,33,51,58H,3-4,6,13-21,25,27-29H2,1-2H3,(H,52,59). The number of unbranched alkanes of at least 4 members (excludes halogenated alkanes) is 1. The van der Waals surface area contributed by atoms with Crippen molar-refractivity contribution >= 4 is 38.5 Å². The summed E-state index contributed by atoms with van der Waals surface area (Å²) in [6.45, 7) is 4.66. The molecule has 0 aliphatic carbocycles. The van der Waals surface area contributed by atoms with Gasteiger partial charge in [0.1, 0.15) is 34.4 Å². The Hall–Kier alpha value is -5.40. The number of halogens is 4. The third-order valence-corrected chi connectivity index (χ3v) is 12.5. The molecule has 64 heavy (non-hydrogen) atoms. The number of thiazole rings is 1. The molecule has 1 aliphatic rings. The monoisotopic (exact) mass is 907 g/mol. The number of carbonyl (C=O) groups is 1. The van der Waals surface area contributed by atoms with Crippen LogP contribution in [0.2, 0.25) is 0 Å². The number of likely N-dealkylation sites (tertiary alicyclic amines) is 1. The number of rotatable bonds is 21. The van der Waals surface area contributed by atoms with E-state index in [0.29, 0.717) is 50.7 Å². The van der Waals surface area contributed by atoms with E-state index in [1.54, 1.807) is 19.4 Å². The average Bonchev–Trinajstić information content (AvgIpc) is 3.83. The number of nitrogens with one attached hydrogen (secondary N) is 2. The molecular formula is C46H53F4N7O6S. The van der Waals surface area contributed by atoms with Gasteiger partial charge in [0.05, 0.1) is 49.9 Å². The van der Waals surface area contributed by atoms with Gasteiger partial charge in [-0.25, -0.2) is 14.1 Å². The molecular weight excluding hydrogens is 855 g/mol. The van der Waals surface area contributed by atoms with Gasteiger partial charge in [-0.3, -0.25) is 9.59 Å². The molecule has 1 fully saturated rings. The number of aromatic nitrogens is 4. The zero-order valence-corrected chi connectivity index (χ0v) is 36.7. The fourth-order valence-electron chi connectivity index (χ4n) is 7.94. The summed E-state index contributed by atoms with van der Waals surface area (Å²) in [6, 6.07) is 16.0. The van der Waals surface area contributed by atoms with Crippen molar-refractivity contribution < 1.29 is 41.7 Å². The van der Waals surface area contributed by atoms with E-state index >= 15 is 0 Å². The summed E-state index contributed by atoms with van der Waals surface area (Å²) in [7, 11) is 3.46. The number of ether oxygens (including phenoxy) is 3. The van der Waals surface area contributed by atoms with E-state index in [1.165, 1.54) is 22.1 Å². The molecule has 6 aromatic rings. The van der Waals surface area contributed by atoms with Crippen molar-refractivity contribution in [3.63, 3.8) is 0 Å². The lowest BCUT2D eigenvalue weighted by atomic mass is 9.96. The summed E-state index contributed by atoms with van der Waals surface area (Å²) in [5.74, 6) is -0.0943. The van der Waals surface area contributed by atoms with Gasteiger partial charge in [0.2, 0.25) is 5.91 Å². The first-order valence-corrected chi connectivity index (χ1v) is 22.2. The number of piperidine rings is 1. The summed E-state index contributed by atoms with van der Waals surface area (Å²) in [5.41, 5.74) is 2.70. The molecule has 0 saturated carbocycles. The van der Waals surface area contributed by atoms with E-state index in [9.17, 15) is 32.3 Å². The number of nitrogens with zero attached hydrogens (tertiary/aromatic N) is 5. The molecule has 3 aromatic carbocycles. The molecule has 3 N–H and O–H groups in total. The minimum atomic E-state index is -4.81. The first-order chi connectivity index (χ1) is 30.9. The topological polar surface area (TPSA) is 145 Å². The number of methoxy groups -OCH3 is 1. The van der Waals surface area contributed by atoms with E-state index in [-0.39, 0.29) is 36.2 Å². The minimum Gasteiger partial charge on any atom is -0.497 e. The predicted octanol–water partition coefficient (Wildman–Crippen LogP) is 6.59. The third kappa shape index (κ3) is 11.6. The number of amides is 1. The Morgan fingerprint density at radius 2 is 1.81 bits per heavy atom. The van der Waals surface area contributed by atoms with Crippen LogP contribution in [0.5, 0.6) is 11.5 Å². The van der Waals surface area contributed by atoms with Crippen LogP contribution >= 0.6 is 11.3 Å². The molecule has 18 heteroatoms. The van der Waals surface area contributed by atoms with Crippen LogP contribution in [-0.2, 0) is 55.5 Å². The number of hydrogen-bond acceptors (Lipinski definition) is 11. The van der Waals surface area contributed by atoms with Gasteiger partial charge in [-0.05, 0) is 92.2 Å². The van der Waals surface area contributed by atoms with Crippen LogP contribution in [0.1, 0.15) is 58.5 Å². The van der Waals surface area contributed by atoms with Gasteiger partial charge in [-0.2, -0.15) is 18.3 Å². The van der Waals surface area contributed by atoms with Gasteiger partial charge < -0.3 is 39.4 Å². The van der Waals surface area contributed by atoms with Gasteiger partial charge in [0.15, 0.2) is 5.65 Å². The summed E-state index contributed by atoms with van der Waals surface area (Å²) in [6.07, 6.45) is 0.843. The molecule has 0 bridgehead atoms. The molecule has 1 amide bonds. The van der Waals surface area contributed by atoms with Crippen molar-refractivity contribution in [1.82, 2.24) is 34.9 Å². The van der Waals surface area contributed by atoms with Crippen molar-refractivity contribution in [2.45, 2.75) is 64.6 Å². The third-order valence-electron chi connectivity index (χ3n) is 11.4. The maximum Gasteiger partial charge on any atom is 0.419 e. The lowest BCUT2D eigenvalue weighted by molar-refractivity contribution is -0.140. The van der Waals surface area contributed by atoms with Crippen LogP contribution in [-0.4, -0.2) is 88.3 Å². The van der Waals surface area contributed by atoms with Crippen molar-refractivity contribution in [2.24, 2.45) is 13.0 Å². The molecule has 0 unspecified atom stereocenters. The van der Waals surface area contributed by atoms with Crippen LogP contribution in [0.25, 0.3) is 21.3 Å². The van der Waals surface area contributed by atoms with Crippen LogP contribution < -0.4 is 25.7 Å². The van der Waals surface area contributed by atoms with E-state index in [2.05, 4.69) is 20.6 Å². The van der Waals surface area contributed by atoms with Crippen LogP contribution in [0.15, 0.2) is 71.7 Å². The molecule has 0 radical (unpaired) electrons. The van der Waals surface area contributed by atoms with Gasteiger partial charge in [0, 0.05) is 50.1 Å². The fourth-order valence-corrected chi connectivity index (χ4v) is 8.99. The lowest BCUT2D eigenvalue weighted by Gasteiger charge is -2.31. The molecule has 4 heterocycles. The van der Waals surface area contributed by atoms with Crippen molar-refractivity contribution in [3.8, 4) is 11.5 Å². The van der Waals surface area contributed by atoms with E-state index in [0.717, 1.165) is 107 Å². The highest BCUT2D eigenvalue weighted by molar-refractivity contribution is 7.19. The summed E-state index contributed by atoms with van der Waals surface area (Å²) in [5, 5.41) is 21.5. The highest BCUT2D eigenvalue weighted by atomic mass is 32.1. The predicted molar refractivity (Wildman–Crippen MR) is 236 cm³/mol. The van der Waals surface area contributed by atoms with Crippen molar-refractivity contribution in [2.75, 3.05) is 53.0 Å². The molecule has 0 atom stereocenters. The second-order valence-corrected chi connectivity index (χ2v) is 17.0. The van der Waals surface area contributed by atoms with Gasteiger partial charge in [-0.15, -0.1) is 11.3 Å². The zero-order chi connectivity index (χ0) is 45.2. The largest absolute Gasteiger partial charge is 0.497 e. The number of aryl methyl sites for hydroxylation is 2. The first-order valence-electron chi connectivity index (χ1n) is 21.4. The SMILES string of the molecule is COc1cccc(Cn2ncc3c4sc(COCCN5CCC(C(=O)NCCCCc6ccc(OCc7ccc(F)c(C(F)(F)F)c7)c(CNCCO)c6)CC5)nc4n(C)c3c2=O)c1. The summed E-state index contributed by atoms with van der Waals surface area (Å²) < 4.78 is 74.8. The maximum atomic E-state index is 13.8. The van der Waals surface area contributed by atoms with Gasteiger partial charge >= 0.3 is 6.18 Å². The van der Waals surface area contributed by atoms with E-state index in [1.807, 2.05) is 48.0 Å². The highest BCUT2D eigenvalue weighted by Gasteiger charge is 2.34. The van der Waals surface area contributed by atoms with E-state index in [4.69, 9.17) is 19.2 Å². The number of aliphatic hydroxyl groups excluding tert-OH is 1. The number of hydrogen-bond donors (Lipinski definition) is 3. The van der Waals surface area contributed by atoms with Crippen LogP contribution in [0.4, 0.5) is 17.6 Å². The second kappa shape index (κ2) is 21.5. The Morgan fingerprint density at radius 3 is 2.59 bits per heavy atom. The number of carbonyl (C=O) groups excluding carboxylic acids is 1. The zero-order valence-electron chi connectivity index (χ0n) is 35.9. The van der Waals surface area contributed by atoms with Crippen LogP contribution in [0.3, 0.4) is 0 Å². The van der Waals surface area contributed by atoms with Gasteiger partial charge in [-0.1, -0.05) is 30.3 Å².